The van der Waals surface area contributed by atoms with E-state index in [1.807, 2.05) is 47.6 Å². The monoisotopic (exact) mass is 249 g/mol. The van der Waals surface area contributed by atoms with Crippen LogP contribution in [0.5, 0.6) is 0 Å². The van der Waals surface area contributed by atoms with Crippen molar-refractivity contribution in [2.24, 2.45) is 0 Å². The van der Waals surface area contributed by atoms with Crippen LogP contribution in [-0.4, -0.2) is 33.1 Å². The fraction of sp³-hybridized carbons (Fsp3) is 0.0714. The van der Waals surface area contributed by atoms with Gasteiger partial charge < -0.3 is 3.88 Å². The van der Waals surface area contributed by atoms with Crippen LogP contribution in [0.2, 0.25) is 0 Å². The number of para-hydroxylation sites is 4. The Balaban J connectivity index is 2.27. The number of benzene rings is 2. The van der Waals surface area contributed by atoms with Gasteiger partial charge in [-0.3, -0.25) is 4.57 Å². The number of hydrogen-bond acceptors (Lipinski definition) is 2. The summed E-state index contributed by atoms with van der Waals surface area (Å²) in [6.07, 6.45) is 1.87. The minimum absolute atomic E-state index is 1.01. The highest BCUT2D eigenvalue weighted by atomic mass is 27.1. The van der Waals surface area contributed by atoms with Crippen LogP contribution in [0.3, 0.4) is 0 Å². The van der Waals surface area contributed by atoms with Crippen molar-refractivity contribution in [3.05, 3.63) is 54.9 Å². The molecule has 0 aliphatic rings. The number of fused-ring (bicyclic) bond motifs is 1. The summed E-state index contributed by atoms with van der Waals surface area (Å²) in [6.45, 7) is 0. The largest absolute Gasteiger partial charge is 0.480 e. The van der Waals surface area contributed by atoms with E-state index in [0.29, 0.717) is 0 Å². The van der Waals surface area contributed by atoms with Crippen molar-refractivity contribution < 1.29 is 0 Å². The molecule has 0 aliphatic heterocycles. The second-order valence-electron chi connectivity index (χ2n) is 4.20. The Morgan fingerprint density at radius 2 is 1.78 bits per heavy atom. The Morgan fingerprint density at radius 1 is 1.06 bits per heavy atom. The number of rotatable bonds is 2. The standard InChI is InChI=1S/C14H12N3.Al/c1-15-11-6-2-4-8-13(11)17-10-16-12-7-3-5-9-14(12)17;/h2-10H,1H3;/q-1;+1. The molecule has 0 saturated heterocycles. The summed E-state index contributed by atoms with van der Waals surface area (Å²) < 4.78 is 4.15. The van der Waals surface area contributed by atoms with Gasteiger partial charge in [-0.05, 0) is 31.3 Å². The highest BCUT2D eigenvalue weighted by molar-refractivity contribution is 6.18. The van der Waals surface area contributed by atoms with Gasteiger partial charge in [0, 0.05) is 5.69 Å². The Morgan fingerprint density at radius 3 is 2.61 bits per heavy atom. The first-order valence-electron chi connectivity index (χ1n) is 5.77. The van der Waals surface area contributed by atoms with E-state index in [1.165, 1.54) is 0 Å². The highest BCUT2D eigenvalue weighted by Crippen LogP contribution is 2.25. The maximum absolute atomic E-state index is 4.43. The smallest absolute Gasteiger partial charge is 0.309 e. The number of aromatic nitrogens is 2. The zero-order chi connectivity index (χ0) is 12.5. The third-order valence-corrected chi connectivity index (χ3v) is 3.25. The van der Waals surface area contributed by atoms with Crippen LogP contribution < -0.4 is 3.88 Å². The third-order valence-electron chi connectivity index (χ3n) is 2.97. The van der Waals surface area contributed by atoms with Gasteiger partial charge in [-0.1, -0.05) is 24.3 Å². The number of anilines is 1. The number of imidazole rings is 1. The molecule has 0 aliphatic carbocycles. The van der Waals surface area contributed by atoms with Crippen LogP contribution in [0, 0.1) is 0 Å². The molecule has 0 amide bonds. The van der Waals surface area contributed by atoms with E-state index in [4.69, 9.17) is 0 Å². The zero-order valence-corrected chi connectivity index (χ0v) is 11.3. The van der Waals surface area contributed by atoms with E-state index in [2.05, 4.69) is 44.3 Å². The summed E-state index contributed by atoms with van der Waals surface area (Å²) in [7, 11) is 2.02. The van der Waals surface area contributed by atoms with Crippen molar-refractivity contribution >= 4 is 33.2 Å². The van der Waals surface area contributed by atoms with E-state index in [1.54, 1.807) is 0 Å². The Hall–Kier alpha value is -1.76. The molecule has 0 saturated carbocycles. The summed E-state index contributed by atoms with van der Waals surface area (Å²) >= 11 is 2.69. The minimum Gasteiger partial charge on any atom is -0.480 e. The molecule has 1 aromatic heterocycles. The van der Waals surface area contributed by atoms with Crippen LogP contribution in [0.25, 0.3) is 16.7 Å². The van der Waals surface area contributed by atoms with E-state index < -0.39 is 0 Å². The molecular formula is C14H12AlN3. The average molecular weight is 249 g/mol. The van der Waals surface area contributed by atoms with Gasteiger partial charge in [0.25, 0.3) is 0 Å². The molecule has 0 atom stereocenters. The van der Waals surface area contributed by atoms with Gasteiger partial charge in [0.05, 0.1) is 16.7 Å². The van der Waals surface area contributed by atoms with Crippen molar-refractivity contribution in [1.29, 1.82) is 0 Å². The first-order chi connectivity index (χ1) is 8.77. The molecular weight excluding hydrogens is 237 g/mol. The summed E-state index contributed by atoms with van der Waals surface area (Å²) in [6, 6.07) is 16.4. The summed E-state index contributed by atoms with van der Waals surface area (Å²) in [4.78, 5) is 4.43. The number of nitrogens with zero attached hydrogens (tertiary/aromatic N) is 3. The highest BCUT2D eigenvalue weighted by Gasteiger charge is 2.08. The fourth-order valence-corrected chi connectivity index (χ4v) is 2.34. The lowest BCUT2D eigenvalue weighted by Crippen LogP contribution is -2.13. The molecule has 86 valence electrons. The van der Waals surface area contributed by atoms with Crippen molar-refractivity contribution in [3.63, 3.8) is 0 Å². The van der Waals surface area contributed by atoms with Crippen LogP contribution in [0.1, 0.15) is 0 Å². The van der Waals surface area contributed by atoms with Crippen LogP contribution in [-0.2, 0) is 0 Å². The molecule has 0 N–H and O–H groups in total. The second-order valence-corrected chi connectivity index (χ2v) is 4.98. The lowest BCUT2D eigenvalue weighted by molar-refractivity contribution is 1.08. The minimum atomic E-state index is 1.01. The molecule has 18 heavy (non-hydrogen) atoms. The summed E-state index contributed by atoms with van der Waals surface area (Å²) in [5, 5.41) is 0. The molecule has 2 radical (unpaired) electrons. The number of hydrogen-bond donors (Lipinski definition) is 0. The predicted octanol–water partition coefficient (Wildman–Crippen LogP) is 2.55. The van der Waals surface area contributed by atoms with E-state index in [0.717, 1.165) is 22.4 Å². The lowest BCUT2D eigenvalue weighted by atomic mass is 10.2. The molecule has 4 heteroatoms. The van der Waals surface area contributed by atoms with Gasteiger partial charge in [0.15, 0.2) is 0 Å². The maximum atomic E-state index is 4.43. The quantitative estimate of drug-likeness (QED) is 0.651. The van der Waals surface area contributed by atoms with Crippen molar-refractivity contribution in [3.8, 4) is 5.69 Å². The normalized spacial score (nSPS) is 10.7. The molecule has 3 rings (SSSR count). The van der Waals surface area contributed by atoms with E-state index >= 15 is 0 Å². The molecule has 0 unspecified atom stereocenters. The average Bonchev–Trinajstić information content (AvgIpc) is 2.82. The Bertz CT molecular complexity index is 688. The first-order valence-corrected chi connectivity index (χ1v) is 6.29. The van der Waals surface area contributed by atoms with Crippen molar-refractivity contribution in [2.45, 2.75) is 0 Å². The van der Waals surface area contributed by atoms with Gasteiger partial charge in [-0.15, -0.1) is 0 Å². The third kappa shape index (κ3) is 1.80. The molecule has 3 nitrogen and oxygen atoms in total. The SMILES string of the molecule is C[N]([Al])c1ccccc1-n1cnc2ccccc21. The van der Waals surface area contributed by atoms with Gasteiger partial charge in [-0.25, -0.2) is 4.98 Å². The lowest BCUT2D eigenvalue weighted by Gasteiger charge is -2.20. The molecule has 1 heterocycles. The fourth-order valence-electron chi connectivity index (χ4n) is 2.12. The van der Waals surface area contributed by atoms with Crippen LogP contribution in [0.15, 0.2) is 54.9 Å². The second kappa shape index (κ2) is 4.49. The molecule has 3 aromatic rings. The molecule has 0 spiro atoms. The van der Waals surface area contributed by atoms with Crippen LogP contribution >= 0.6 is 0 Å². The Labute approximate surface area is 114 Å². The summed E-state index contributed by atoms with van der Waals surface area (Å²) in [5.74, 6) is 0. The van der Waals surface area contributed by atoms with Gasteiger partial charge >= 0.3 is 16.5 Å². The predicted molar refractivity (Wildman–Crippen MR) is 75.2 cm³/mol. The topological polar surface area (TPSA) is 21.1 Å². The van der Waals surface area contributed by atoms with Gasteiger partial charge in [0.2, 0.25) is 0 Å². The van der Waals surface area contributed by atoms with Crippen LogP contribution in [0.4, 0.5) is 5.69 Å². The first kappa shape index (κ1) is 11.3. The van der Waals surface area contributed by atoms with Gasteiger partial charge in [0.1, 0.15) is 6.33 Å². The van der Waals surface area contributed by atoms with E-state index in [-0.39, 0.29) is 0 Å². The van der Waals surface area contributed by atoms with Gasteiger partial charge in [-0.2, -0.15) is 0 Å². The van der Waals surface area contributed by atoms with Crippen molar-refractivity contribution in [1.82, 2.24) is 9.55 Å². The van der Waals surface area contributed by atoms with Crippen molar-refractivity contribution in [2.75, 3.05) is 10.9 Å². The molecule has 2 aromatic carbocycles. The Kier molecular flexibility index (Phi) is 2.83. The molecule has 0 fully saturated rings. The molecule has 0 bridgehead atoms. The summed E-state index contributed by atoms with van der Waals surface area (Å²) in [5.41, 5.74) is 4.41. The van der Waals surface area contributed by atoms with E-state index in [9.17, 15) is 0 Å². The zero-order valence-electron chi connectivity index (χ0n) is 10.1. The maximum Gasteiger partial charge on any atom is 0.309 e.